The number of hydrogen-bond acceptors (Lipinski definition) is 2. The minimum Gasteiger partial charge on any atom is -0.382 e. The van der Waals surface area contributed by atoms with Gasteiger partial charge in [0.05, 0.1) is 0 Å². The normalized spacial score (nSPS) is 20.9. The Hall–Kier alpha value is -1.02. The summed E-state index contributed by atoms with van der Waals surface area (Å²) in [5.41, 5.74) is 4.16. The molecule has 2 rings (SSSR count). The van der Waals surface area contributed by atoms with Crippen molar-refractivity contribution >= 4 is 5.69 Å². The van der Waals surface area contributed by atoms with Crippen LogP contribution in [0.4, 0.5) is 5.69 Å². The highest BCUT2D eigenvalue weighted by Crippen LogP contribution is 2.28. The van der Waals surface area contributed by atoms with E-state index in [4.69, 9.17) is 0 Å². The molecule has 0 amide bonds. The highest BCUT2D eigenvalue weighted by molar-refractivity contribution is 5.57. The first kappa shape index (κ1) is 10.5. The molecule has 1 aromatic carbocycles. The van der Waals surface area contributed by atoms with Crippen LogP contribution in [0.2, 0.25) is 0 Å². The van der Waals surface area contributed by atoms with Crippen LogP contribution in [0.15, 0.2) is 18.2 Å². The van der Waals surface area contributed by atoms with Crippen molar-refractivity contribution in [1.82, 2.24) is 5.32 Å². The number of anilines is 1. The van der Waals surface area contributed by atoms with Gasteiger partial charge in [0.25, 0.3) is 0 Å². The van der Waals surface area contributed by atoms with E-state index in [1.54, 1.807) is 0 Å². The second-order valence-corrected chi connectivity index (χ2v) is 4.63. The van der Waals surface area contributed by atoms with E-state index in [0.29, 0.717) is 12.1 Å². The molecule has 1 aromatic rings. The van der Waals surface area contributed by atoms with Gasteiger partial charge in [0.2, 0.25) is 0 Å². The van der Waals surface area contributed by atoms with Gasteiger partial charge < -0.3 is 10.6 Å². The first-order chi connectivity index (χ1) is 7.19. The van der Waals surface area contributed by atoms with E-state index in [0.717, 1.165) is 0 Å². The van der Waals surface area contributed by atoms with Gasteiger partial charge in [-0.2, -0.15) is 0 Å². The van der Waals surface area contributed by atoms with Crippen molar-refractivity contribution in [2.45, 2.75) is 38.8 Å². The first-order valence-electron chi connectivity index (χ1n) is 5.72. The fraction of sp³-hybridized carbons (Fsp3) is 0.538. The maximum atomic E-state index is 3.59. The van der Waals surface area contributed by atoms with Crippen molar-refractivity contribution in [2.75, 3.05) is 12.4 Å². The Morgan fingerprint density at radius 2 is 2.33 bits per heavy atom. The number of nitrogens with one attached hydrogen (secondary N) is 2. The largest absolute Gasteiger partial charge is 0.382 e. The van der Waals surface area contributed by atoms with Crippen LogP contribution in [0.1, 0.15) is 24.5 Å². The van der Waals surface area contributed by atoms with Gasteiger partial charge in [-0.15, -0.1) is 0 Å². The number of fused-ring (bicyclic) bond motifs is 1. The summed E-state index contributed by atoms with van der Waals surface area (Å²) in [4.78, 5) is 0. The Labute approximate surface area is 92.1 Å². The van der Waals surface area contributed by atoms with Crippen LogP contribution in [0.25, 0.3) is 0 Å². The highest BCUT2D eigenvalue weighted by Gasteiger charge is 2.21. The smallest absolute Gasteiger partial charge is 0.0375 e. The summed E-state index contributed by atoms with van der Waals surface area (Å²) in [5.74, 6) is 0. The van der Waals surface area contributed by atoms with Crippen molar-refractivity contribution in [1.29, 1.82) is 0 Å². The monoisotopic (exact) mass is 204 g/mol. The standard InChI is InChI=1S/C13H20N2/c1-9-4-5-13-11(6-9)8-12(15-13)7-10(2)14-3/h4-6,10,12,14-15H,7-8H2,1-3H3. The molecule has 82 valence electrons. The van der Waals surface area contributed by atoms with Crippen molar-refractivity contribution in [3.8, 4) is 0 Å². The number of rotatable bonds is 3. The molecule has 2 N–H and O–H groups in total. The van der Waals surface area contributed by atoms with Gasteiger partial charge >= 0.3 is 0 Å². The summed E-state index contributed by atoms with van der Waals surface area (Å²) in [5, 5.41) is 6.88. The number of aryl methyl sites for hydroxylation is 1. The molecule has 0 radical (unpaired) electrons. The molecule has 1 heterocycles. The average molecular weight is 204 g/mol. The molecule has 0 aromatic heterocycles. The maximum Gasteiger partial charge on any atom is 0.0375 e. The van der Waals surface area contributed by atoms with Crippen LogP contribution < -0.4 is 10.6 Å². The SMILES string of the molecule is CNC(C)CC1Cc2cc(C)ccc2N1. The van der Waals surface area contributed by atoms with E-state index in [2.05, 4.69) is 42.7 Å². The average Bonchev–Trinajstić information content (AvgIpc) is 2.59. The Kier molecular flexibility index (Phi) is 2.96. The Balaban J connectivity index is 2.03. The first-order valence-corrected chi connectivity index (χ1v) is 5.72. The van der Waals surface area contributed by atoms with Gasteiger partial charge in [-0.25, -0.2) is 0 Å². The van der Waals surface area contributed by atoms with Gasteiger partial charge in [0, 0.05) is 17.8 Å². The van der Waals surface area contributed by atoms with Crippen LogP contribution in [0.3, 0.4) is 0 Å². The topological polar surface area (TPSA) is 24.1 Å². The molecule has 0 saturated heterocycles. The van der Waals surface area contributed by atoms with Crippen LogP contribution in [0.5, 0.6) is 0 Å². The molecule has 15 heavy (non-hydrogen) atoms. The molecular weight excluding hydrogens is 184 g/mol. The summed E-state index contributed by atoms with van der Waals surface area (Å²) in [6, 6.07) is 7.86. The predicted octanol–water partition coefficient (Wildman–Crippen LogP) is 2.33. The summed E-state index contributed by atoms with van der Waals surface area (Å²) in [6.07, 6.45) is 2.35. The Morgan fingerprint density at radius 3 is 3.07 bits per heavy atom. The Bertz CT molecular complexity index is 346. The van der Waals surface area contributed by atoms with E-state index in [-0.39, 0.29) is 0 Å². The lowest BCUT2D eigenvalue weighted by Crippen LogP contribution is -2.29. The molecule has 0 fully saturated rings. The zero-order chi connectivity index (χ0) is 10.8. The highest BCUT2D eigenvalue weighted by atomic mass is 15.0. The molecule has 0 saturated carbocycles. The van der Waals surface area contributed by atoms with Gasteiger partial charge in [0.15, 0.2) is 0 Å². The molecule has 1 aliphatic rings. The van der Waals surface area contributed by atoms with Crippen LogP contribution in [-0.4, -0.2) is 19.1 Å². The van der Waals surface area contributed by atoms with Gasteiger partial charge in [-0.05, 0) is 45.4 Å². The minimum absolute atomic E-state index is 0.581. The lowest BCUT2D eigenvalue weighted by molar-refractivity contribution is 0.518. The number of benzene rings is 1. The molecule has 2 nitrogen and oxygen atoms in total. The van der Waals surface area contributed by atoms with Crippen LogP contribution in [0, 0.1) is 6.92 Å². The van der Waals surface area contributed by atoms with Gasteiger partial charge in [0.1, 0.15) is 0 Å². The third-order valence-electron chi connectivity index (χ3n) is 3.22. The summed E-state index contributed by atoms with van der Waals surface area (Å²) < 4.78 is 0. The third kappa shape index (κ3) is 2.32. The van der Waals surface area contributed by atoms with E-state index in [1.807, 2.05) is 7.05 Å². The molecule has 0 spiro atoms. The van der Waals surface area contributed by atoms with E-state index < -0.39 is 0 Å². The third-order valence-corrected chi connectivity index (χ3v) is 3.22. The van der Waals surface area contributed by atoms with Crippen molar-refractivity contribution in [3.05, 3.63) is 29.3 Å². The quantitative estimate of drug-likeness (QED) is 0.789. The fourth-order valence-corrected chi connectivity index (χ4v) is 2.26. The predicted molar refractivity (Wildman–Crippen MR) is 65.4 cm³/mol. The zero-order valence-electron chi connectivity index (χ0n) is 9.80. The van der Waals surface area contributed by atoms with Crippen molar-refractivity contribution in [2.24, 2.45) is 0 Å². The molecule has 0 aliphatic carbocycles. The molecular formula is C13H20N2. The summed E-state index contributed by atoms with van der Waals surface area (Å²) in [6.45, 7) is 4.39. The van der Waals surface area contributed by atoms with Crippen molar-refractivity contribution < 1.29 is 0 Å². The number of hydrogen-bond donors (Lipinski definition) is 2. The van der Waals surface area contributed by atoms with Crippen LogP contribution >= 0.6 is 0 Å². The lowest BCUT2D eigenvalue weighted by atomic mass is 10.0. The lowest BCUT2D eigenvalue weighted by Gasteiger charge is -2.16. The van der Waals surface area contributed by atoms with E-state index in [1.165, 1.54) is 29.7 Å². The second kappa shape index (κ2) is 4.23. The zero-order valence-corrected chi connectivity index (χ0v) is 9.80. The molecule has 2 unspecified atom stereocenters. The summed E-state index contributed by atoms with van der Waals surface area (Å²) in [7, 11) is 2.02. The fourth-order valence-electron chi connectivity index (χ4n) is 2.26. The van der Waals surface area contributed by atoms with Crippen molar-refractivity contribution in [3.63, 3.8) is 0 Å². The minimum atomic E-state index is 0.581. The molecule has 1 aliphatic heterocycles. The van der Waals surface area contributed by atoms with E-state index in [9.17, 15) is 0 Å². The van der Waals surface area contributed by atoms with E-state index >= 15 is 0 Å². The van der Waals surface area contributed by atoms with Gasteiger partial charge in [-0.3, -0.25) is 0 Å². The summed E-state index contributed by atoms with van der Waals surface area (Å²) >= 11 is 0. The molecule has 0 bridgehead atoms. The van der Waals surface area contributed by atoms with Crippen LogP contribution in [-0.2, 0) is 6.42 Å². The second-order valence-electron chi connectivity index (χ2n) is 4.63. The van der Waals surface area contributed by atoms with Gasteiger partial charge in [-0.1, -0.05) is 17.7 Å². The Morgan fingerprint density at radius 1 is 1.53 bits per heavy atom. The maximum absolute atomic E-state index is 3.59. The molecule has 2 heteroatoms. The molecule has 2 atom stereocenters.